The number of para-hydroxylation sites is 2. The maximum absolute atomic E-state index is 13.1. The van der Waals surface area contributed by atoms with Gasteiger partial charge < -0.3 is 15.0 Å². The minimum absolute atomic E-state index is 0.0832. The highest BCUT2D eigenvalue weighted by Gasteiger charge is 2.32. The van der Waals surface area contributed by atoms with Crippen LogP contribution in [0.1, 0.15) is 63.2 Å². The minimum atomic E-state index is -0.316. The van der Waals surface area contributed by atoms with Crippen LogP contribution in [-0.4, -0.2) is 50.5 Å². The molecule has 1 aliphatic heterocycles. The van der Waals surface area contributed by atoms with Crippen molar-refractivity contribution < 1.29 is 14.3 Å². The van der Waals surface area contributed by atoms with Gasteiger partial charge in [0.2, 0.25) is 0 Å². The predicted molar refractivity (Wildman–Crippen MR) is 119 cm³/mol. The first kappa shape index (κ1) is 21.5. The Morgan fingerprint density at radius 1 is 1.16 bits per heavy atom. The number of amides is 2. The molecule has 0 saturated carbocycles. The second kappa shape index (κ2) is 9.17. The van der Waals surface area contributed by atoms with Crippen LogP contribution in [0.3, 0.4) is 0 Å². The van der Waals surface area contributed by atoms with Crippen LogP contribution < -0.4 is 10.1 Å². The summed E-state index contributed by atoms with van der Waals surface area (Å²) in [6.45, 7) is 4.24. The first-order chi connectivity index (χ1) is 15.5. The first-order valence-electron chi connectivity index (χ1n) is 10.6. The van der Waals surface area contributed by atoms with Gasteiger partial charge in [-0.1, -0.05) is 12.1 Å². The number of ether oxygens (including phenoxy) is 1. The number of nitrogens with zero attached hydrogens (tertiary/aromatic N) is 4. The summed E-state index contributed by atoms with van der Waals surface area (Å²) >= 11 is 0. The lowest BCUT2D eigenvalue weighted by Gasteiger charge is -2.34. The second-order valence-electron chi connectivity index (χ2n) is 7.80. The molecule has 0 radical (unpaired) electrons. The average Bonchev–Trinajstić information content (AvgIpc) is 3.24. The Bertz CT molecular complexity index is 1140. The van der Waals surface area contributed by atoms with E-state index < -0.39 is 0 Å². The highest BCUT2D eigenvalue weighted by molar-refractivity contribution is 6.05. The van der Waals surface area contributed by atoms with E-state index in [-0.39, 0.29) is 17.9 Å². The SMILES string of the molecule is COc1ccccc1NC(=O)c1cnc([C@@H]2CCCCN2C(=O)c2cn[nH]c2C)nc1C. The van der Waals surface area contributed by atoms with Crippen molar-refractivity contribution in [1.29, 1.82) is 0 Å². The molecule has 0 bridgehead atoms. The number of methoxy groups -OCH3 is 1. The lowest BCUT2D eigenvalue weighted by molar-refractivity contribution is 0.0598. The van der Waals surface area contributed by atoms with Crippen LogP contribution >= 0.6 is 0 Å². The standard InChI is InChI=1S/C23H26N6O3/c1-14-16(22(30)27-18-8-4-5-10-20(18)32-3)12-24-21(26-14)19-9-6-7-11-29(19)23(31)17-13-25-28-15(17)2/h4-5,8,10,12-13,19H,6-7,9,11H2,1-3H3,(H,25,28)(H,27,30)/t19-/m0/s1. The van der Waals surface area contributed by atoms with E-state index >= 15 is 0 Å². The molecule has 166 valence electrons. The van der Waals surface area contributed by atoms with Gasteiger partial charge in [-0.15, -0.1) is 0 Å². The number of hydrogen-bond donors (Lipinski definition) is 2. The number of carbonyl (C=O) groups excluding carboxylic acids is 2. The van der Waals surface area contributed by atoms with Crippen molar-refractivity contribution >= 4 is 17.5 Å². The summed E-state index contributed by atoms with van der Waals surface area (Å²) in [7, 11) is 1.55. The van der Waals surface area contributed by atoms with Gasteiger partial charge >= 0.3 is 0 Å². The van der Waals surface area contributed by atoms with Crippen molar-refractivity contribution in [3.63, 3.8) is 0 Å². The maximum atomic E-state index is 13.1. The molecule has 9 nitrogen and oxygen atoms in total. The zero-order valence-electron chi connectivity index (χ0n) is 18.4. The van der Waals surface area contributed by atoms with Gasteiger partial charge in [0.05, 0.1) is 41.9 Å². The number of anilines is 1. The summed E-state index contributed by atoms with van der Waals surface area (Å²) < 4.78 is 5.29. The van der Waals surface area contributed by atoms with E-state index in [1.54, 1.807) is 32.4 Å². The lowest BCUT2D eigenvalue weighted by Crippen LogP contribution is -2.39. The summed E-state index contributed by atoms with van der Waals surface area (Å²) in [5, 5.41) is 9.64. The van der Waals surface area contributed by atoms with Crippen LogP contribution in [0, 0.1) is 13.8 Å². The van der Waals surface area contributed by atoms with Crippen LogP contribution in [0.2, 0.25) is 0 Å². The van der Waals surface area contributed by atoms with E-state index in [0.717, 1.165) is 25.0 Å². The minimum Gasteiger partial charge on any atom is -0.495 e. The number of likely N-dealkylation sites (tertiary alicyclic amines) is 1. The van der Waals surface area contributed by atoms with Gasteiger partial charge in [-0.25, -0.2) is 9.97 Å². The van der Waals surface area contributed by atoms with Crippen LogP contribution in [0.25, 0.3) is 0 Å². The predicted octanol–water partition coefficient (Wildman–Crippen LogP) is 3.44. The third-order valence-corrected chi connectivity index (χ3v) is 5.72. The number of hydrogen-bond acceptors (Lipinski definition) is 6. The van der Waals surface area contributed by atoms with E-state index in [4.69, 9.17) is 4.74 Å². The van der Waals surface area contributed by atoms with E-state index in [2.05, 4.69) is 25.5 Å². The quantitative estimate of drug-likeness (QED) is 0.636. The number of rotatable bonds is 5. The number of aromatic nitrogens is 4. The van der Waals surface area contributed by atoms with Crippen LogP contribution in [0.4, 0.5) is 5.69 Å². The normalized spacial score (nSPS) is 16.0. The lowest BCUT2D eigenvalue weighted by atomic mass is 10.00. The second-order valence-corrected chi connectivity index (χ2v) is 7.80. The number of aromatic amines is 1. The van der Waals surface area contributed by atoms with Crippen molar-refractivity contribution in [3.05, 3.63) is 65.0 Å². The fourth-order valence-corrected chi connectivity index (χ4v) is 3.97. The molecule has 0 spiro atoms. The molecular weight excluding hydrogens is 408 g/mol. The number of aryl methyl sites for hydroxylation is 2. The van der Waals surface area contributed by atoms with Gasteiger partial charge in [0.15, 0.2) is 5.82 Å². The number of benzene rings is 1. The highest BCUT2D eigenvalue weighted by Crippen LogP contribution is 2.31. The Balaban J connectivity index is 1.57. The van der Waals surface area contributed by atoms with Crippen LogP contribution in [-0.2, 0) is 0 Å². The first-order valence-corrected chi connectivity index (χ1v) is 10.6. The van der Waals surface area contributed by atoms with Crippen molar-refractivity contribution in [2.75, 3.05) is 19.0 Å². The van der Waals surface area contributed by atoms with E-state index in [1.807, 2.05) is 24.0 Å². The highest BCUT2D eigenvalue weighted by atomic mass is 16.5. The largest absolute Gasteiger partial charge is 0.495 e. The van der Waals surface area contributed by atoms with Gasteiger partial charge in [-0.3, -0.25) is 14.7 Å². The van der Waals surface area contributed by atoms with Crippen LogP contribution in [0.5, 0.6) is 5.75 Å². The third-order valence-electron chi connectivity index (χ3n) is 5.72. The van der Waals surface area contributed by atoms with Gasteiger partial charge in [-0.2, -0.15) is 5.10 Å². The molecule has 0 unspecified atom stereocenters. The monoisotopic (exact) mass is 434 g/mol. The summed E-state index contributed by atoms with van der Waals surface area (Å²) in [6.07, 6.45) is 5.77. The molecule has 1 aliphatic rings. The van der Waals surface area contributed by atoms with Crippen molar-refractivity contribution in [2.45, 2.75) is 39.2 Å². The van der Waals surface area contributed by atoms with Crippen molar-refractivity contribution in [1.82, 2.24) is 25.1 Å². The Kier molecular flexibility index (Phi) is 6.16. The zero-order valence-corrected chi connectivity index (χ0v) is 18.4. The molecule has 2 aromatic heterocycles. The average molecular weight is 435 g/mol. The molecule has 1 aromatic carbocycles. The molecule has 32 heavy (non-hydrogen) atoms. The Morgan fingerprint density at radius 3 is 2.69 bits per heavy atom. The summed E-state index contributed by atoms with van der Waals surface area (Å²) in [4.78, 5) is 36.9. The van der Waals surface area contributed by atoms with E-state index in [1.165, 1.54) is 6.20 Å². The molecule has 2 N–H and O–H groups in total. The van der Waals surface area contributed by atoms with Gasteiger partial charge in [-0.05, 0) is 45.2 Å². The molecule has 4 rings (SSSR count). The van der Waals surface area contributed by atoms with Gasteiger partial charge in [0.1, 0.15) is 5.75 Å². The topological polar surface area (TPSA) is 113 Å². The molecule has 9 heteroatoms. The molecule has 1 saturated heterocycles. The Labute approximate surface area is 186 Å². The molecule has 3 heterocycles. The van der Waals surface area contributed by atoms with Crippen LogP contribution in [0.15, 0.2) is 36.7 Å². The smallest absolute Gasteiger partial charge is 0.259 e. The fourth-order valence-electron chi connectivity index (χ4n) is 3.97. The van der Waals surface area contributed by atoms with Crippen molar-refractivity contribution in [3.8, 4) is 5.75 Å². The third kappa shape index (κ3) is 4.18. The molecule has 0 aliphatic carbocycles. The number of piperidine rings is 1. The Morgan fingerprint density at radius 2 is 1.97 bits per heavy atom. The van der Waals surface area contributed by atoms with Gasteiger partial charge in [0, 0.05) is 18.4 Å². The zero-order chi connectivity index (χ0) is 22.7. The summed E-state index contributed by atoms with van der Waals surface area (Å²) in [6, 6.07) is 6.96. The molecule has 1 atom stereocenters. The summed E-state index contributed by atoms with van der Waals surface area (Å²) in [5.74, 6) is 0.719. The number of H-pyrrole nitrogens is 1. The van der Waals surface area contributed by atoms with Gasteiger partial charge in [0.25, 0.3) is 11.8 Å². The number of carbonyl (C=O) groups is 2. The van der Waals surface area contributed by atoms with Crippen molar-refractivity contribution in [2.24, 2.45) is 0 Å². The fraction of sp³-hybridized carbons (Fsp3) is 0.348. The summed E-state index contributed by atoms with van der Waals surface area (Å²) in [5.41, 5.74) is 2.79. The van der Waals surface area contributed by atoms with E-state index in [9.17, 15) is 9.59 Å². The molecule has 2 amide bonds. The maximum Gasteiger partial charge on any atom is 0.259 e. The molecule has 1 fully saturated rings. The molecular formula is C23H26N6O3. The molecule has 3 aromatic rings. The number of nitrogens with one attached hydrogen (secondary N) is 2. The Hall–Kier alpha value is -3.75. The van der Waals surface area contributed by atoms with E-state index in [0.29, 0.717) is 40.6 Å².